The van der Waals surface area contributed by atoms with Gasteiger partial charge in [0, 0.05) is 24.6 Å². The monoisotopic (exact) mass is 336 g/mol. The SMILES string of the molecule is CCC(C)n1nccc1C(=O)Nc1c(C)cncc1Br. The molecule has 0 saturated heterocycles. The van der Waals surface area contributed by atoms with E-state index in [1.807, 2.05) is 13.8 Å². The van der Waals surface area contributed by atoms with E-state index in [0.29, 0.717) is 5.69 Å². The Morgan fingerprint density at radius 3 is 2.90 bits per heavy atom. The lowest BCUT2D eigenvalue weighted by molar-refractivity contribution is 0.101. The predicted molar refractivity (Wildman–Crippen MR) is 81.9 cm³/mol. The molecule has 6 heteroatoms. The zero-order valence-corrected chi connectivity index (χ0v) is 13.3. The summed E-state index contributed by atoms with van der Waals surface area (Å²) in [6.45, 7) is 6.01. The number of hydrogen-bond donors (Lipinski definition) is 1. The first-order valence-corrected chi connectivity index (χ1v) is 7.28. The molecule has 1 atom stereocenters. The Morgan fingerprint density at radius 1 is 1.50 bits per heavy atom. The average Bonchev–Trinajstić information content (AvgIpc) is 2.91. The Balaban J connectivity index is 2.27. The first-order chi connectivity index (χ1) is 9.54. The van der Waals surface area contributed by atoms with Crippen molar-refractivity contribution in [2.75, 3.05) is 5.32 Å². The molecule has 2 aromatic rings. The van der Waals surface area contributed by atoms with E-state index >= 15 is 0 Å². The summed E-state index contributed by atoms with van der Waals surface area (Å²) >= 11 is 3.40. The van der Waals surface area contributed by atoms with Gasteiger partial charge in [0.25, 0.3) is 5.91 Å². The highest BCUT2D eigenvalue weighted by Crippen LogP contribution is 2.25. The normalized spacial score (nSPS) is 12.2. The van der Waals surface area contributed by atoms with Crippen LogP contribution < -0.4 is 5.32 Å². The van der Waals surface area contributed by atoms with E-state index in [0.717, 1.165) is 22.1 Å². The minimum atomic E-state index is -0.169. The van der Waals surface area contributed by atoms with E-state index in [-0.39, 0.29) is 11.9 Å². The molecule has 0 bridgehead atoms. The van der Waals surface area contributed by atoms with Crippen molar-refractivity contribution in [2.45, 2.75) is 33.2 Å². The van der Waals surface area contributed by atoms with Gasteiger partial charge in [-0.2, -0.15) is 5.10 Å². The van der Waals surface area contributed by atoms with Crippen molar-refractivity contribution in [1.82, 2.24) is 14.8 Å². The summed E-state index contributed by atoms with van der Waals surface area (Å²) in [7, 11) is 0. The van der Waals surface area contributed by atoms with Gasteiger partial charge in [0.1, 0.15) is 5.69 Å². The fourth-order valence-corrected chi connectivity index (χ4v) is 2.42. The number of hydrogen-bond acceptors (Lipinski definition) is 3. The number of anilines is 1. The molecule has 1 unspecified atom stereocenters. The second-order valence-electron chi connectivity index (χ2n) is 4.69. The summed E-state index contributed by atoms with van der Waals surface area (Å²) in [6, 6.07) is 1.92. The Morgan fingerprint density at radius 2 is 2.25 bits per heavy atom. The van der Waals surface area contributed by atoms with Gasteiger partial charge in [0.05, 0.1) is 10.2 Å². The molecule has 0 aliphatic rings. The summed E-state index contributed by atoms with van der Waals surface area (Å²) in [5.41, 5.74) is 2.20. The van der Waals surface area contributed by atoms with Gasteiger partial charge >= 0.3 is 0 Å². The van der Waals surface area contributed by atoms with Crippen LogP contribution in [0.3, 0.4) is 0 Å². The van der Waals surface area contributed by atoms with Crippen LogP contribution in [0.25, 0.3) is 0 Å². The first kappa shape index (κ1) is 14.7. The molecule has 0 spiro atoms. The molecule has 1 N–H and O–H groups in total. The summed E-state index contributed by atoms with van der Waals surface area (Å²) in [6.07, 6.45) is 5.94. The number of carbonyl (C=O) groups excluding carboxylic acids is 1. The molecule has 0 aliphatic heterocycles. The van der Waals surface area contributed by atoms with E-state index in [2.05, 4.69) is 38.3 Å². The van der Waals surface area contributed by atoms with E-state index in [1.54, 1.807) is 29.3 Å². The van der Waals surface area contributed by atoms with Crippen molar-refractivity contribution in [2.24, 2.45) is 0 Å². The van der Waals surface area contributed by atoms with Crippen LogP contribution >= 0.6 is 15.9 Å². The van der Waals surface area contributed by atoms with Crippen LogP contribution in [0.1, 0.15) is 42.4 Å². The third-order valence-electron chi connectivity index (χ3n) is 3.24. The lowest BCUT2D eigenvalue weighted by Gasteiger charge is -2.14. The number of pyridine rings is 1. The molecule has 2 rings (SSSR count). The highest BCUT2D eigenvalue weighted by Gasteiger charge is 2.17. The number of aryl methyl sites for hydroxylation is 1. The highest BCUT2D eigenvalue weighted by molar-refractivity contribution is 9.10. The van der Waals surface area contributed by atoms with Crippen molar-refractivity contribution < 1.29 is 4.79 Å². The van der Waals surface area contributed by atoms with Gasteiger partial charge in [-0.1, -0.05) is 6.92 Å². The number of nitrogens with zero attached hydrogens (tertiary/aromatic N) is 3. The van der Waals surface area contributed by atoms with Crippen LogP contribution in [-0.4, -0.2) is 20.7 Å². The molecular weight excluding hydrogens is 320 g/mol. The quantitative estimate of drug-likeness (QED) is 0.928. The van der Waals surface area contributed by atoms with E-state index < -0.39 is 0 Å². The fraction of sp³-hybridized carbons (Fsp3) is 0.357. The largest absolute Gasteiger partial charge is 0.319 e. The predicted octanol–water partition coefficient (Wildman–Crippen LogP) is 3.57. The summed E-state index contributed by atoms with van der Waals surface area (Å²) in [5.74, 6) is -0.169. The molecule has 0 aromatic carbocycles. The van der Waals surface area contributed by atoms with Crippen molar-refractivity contribution in [3.05, 3.63) is 40.4 Å². The standard InChI is InChI=1S/C14H17BrN4O/c1-4-10(3)19-12(5-6-17-19)14(20)18-13-9(2)7-16-8-11(13)15/h5-8,10H,4H2,1-3H3,(H,16,18,20). The van der Waals surface area contributed by atoms with Gasteiger partial charge in [-0.05, 0) is 47.8 Å². The molecule has 0 radical (unpaired) electrons. The molecule has 0 saturated carbocycles. The second-order valence-corrected chi connectivity index (χ2v) is 5.54. The van der Waals surface area contributed by atoms with Crippen molar-refractivity contribution in [1.29, 1.82) is 0 Å². The zero-order chi connectivity index (χ0) is 14.7. The zero-order valence-electron chi connectivity index (χ0n) is 11.7. The third-order valence-corrected chi connectivity index (χ3v) is 3.84. The molecule has 0 aliphatic carbocycles. The van der Waals surface area contributed by atoms with E-state index in [4.69, 9.17) is 0 Å². The Hall–Kier alpha value is -1.69. The number of aromatic nitrogens is 3. The van der Waals surface area contributed by atoms with Gasteiger partial charge in [-0.3, -0.25) is 14.5 Å². The third kappa shape index (κ3) is 2.90. The Bertz CT molecular complexity index is 603. The first-order valence-electron chi connectivity index (χ1n) is 6.49. The fourth-order valence-electron chi connectivity index (χ4n) is 1.89. The van der Waals surface area contributed by atoms with Crippen LogP contribution in [0, 0.1) is 6.92 Å². The number of halogens is 1. The van der Waals surface area contributed by atoms with Crippen molar-refractivity contribution >= 4 is 27.5 Å². The van der Waals surface area contributed by atoms with Crippen LogP contribution in [0.2, 0.25) is 0 Å². The topological polar surface area (TPSA) is 59.8 Å². The molecule has 2 heterocycles. The Kier molecular flexibility index (Phi) is 4.54. The number of amides is 1. The lowest BCUT2D eigenvalue weighted by atomic mass is 10.2. The van der Waals surface area contributed by atoms with Crippen LogP contribution in [0.4, 0.5) is 5.69 Å². The maximum absolute atomic E-state index is 12.4. The molecule has 1 amide bonds. The molecule has 106 valence electrons. The summed E-state index contributed by atoms with van der Waals surface area (Å²) < 4.78 is 2.51. The van der Waals surface area contributed by atoms with Crippen LogP contribution in [-0.2, 0) is 0 Å². The maximum atomic E-state index is 12.4. The molecular formula is C14H17BrN4O. The Labute approximate surface area is 126 Å². The number of rotatable bonds is 4. The minimum absolute atomic E-state index is 0.169. The van der Waals surface area contributed by atoms with Gasteiger partial charge < -0.3 is 5.32 Å². The van der Waals surface area contributed by atoms with E-state index in [9.17, 15) is 4.79 Å². The van der Waals surface area contributed by atoms with E-state index in [1.165, 1.54) is 0 Å². The average molecular weight is 337 g/mol. The number of carbonyl (C=O) groups is 1. The lowest BCUT2D eigenvalue weighted by Crippen LogP contribution is -2.20. The van der Waals surface area contributed by atoms with Gasteiger partial charge in [0.15, 0.2) is 0 Å². The summed E-state index contributed by atoms with van der Waals surface area (Å²) in [5, 5.41) is 7.14. The minimum Gasteiger partial charge on any atom is -0.319 e. The van der Waals surface area contributed by atoms with Crippen molar-refractivity contribution in [3.63, 3.8) is 0 Å². The van der Waals surface area contributed by atoms with Gasteiger partial charge in [-0.25, -0.2) is 0 Å². The number of nitrogens with one attached hydrogen (secondary N) is 1. The smallest absolute Gasteiger partial charge is 0.273 e. The van der Waals surface area contributed by atoms with Crippen LogP contribution in [0.5, 0.6) is 0 Å². The van der Waals surface area contributed by atoms with Gasteiger partial charge in [0.2, 0.25) is 0 Å². The molecule has 0 fully saturated rings. The van der Waals surface area contributed by atoms with Crippen LogP contribution in [0.15, 0.2) is 29.1 Å². The molecule has 2 aromatic heterocycles. The van der Waals surface area contributed by atoms with Crippen molar-refractivity contribution in [3.8, 4) is 0 Å². The highest BCUT2D eigenvalue weighted by atomic mass is 79.9. The molecule has 20 heavy (non-hydrogen) atoms. The molecule has 5 nitrogen and oxygen atoms in total. The maximum Gasteiger partial charge on any atom is 0.273 e. The second kappa shape index (κ2) is 6.17. The summed E-state index contributed by atoms with van der Waals surface area (Å²) in [4.78, 5) is 16.5. The van der Waals surface area contributed by atoms with Gasteiger partial charge in [-0.15, -0.1) is 0 Å².